The van der Waals surface area contributed by atoms with Crippen LogP contribution in [0.15, 0.2) is 0 Å². The van der Waals surface area contributed by atoms with E-state index in [0.717, 1.165) is 23.2 Å². The summed E-state index contributed by atoms with van der Waals surface area (Å²) in [5.41, 5.74) is 1.88. The van der Waals surface area contributed by atoms with Crippen LogP contribution in [0.4, 0.5) is 0 Å². The first kappa shape index (κ1) is 9.42. The molecule has 0 aromatic heterocycles. The summed E-state index contributed by atoms with van der Waals surface area (Å²) in [6.45, 7) is 0. The fraction of sp³-hybridized carbons (Fsp3) is 1.00. The first-order valence-electron chi connectivity index (χ1n) is 5.30. The Kier molecular flexibility index (Phi) is 3.09. The quantitative estimate of drug-likeness (QED) is 0.573. The monoisotopic (exact) mass is 202 g/mol. The molecule has 2 fully saturated rings. The van der Waals surface area contributed by atoms with Crippen LogP contribution >= 0.6 is 18.5 Å². The first-order valence-corrected chi connectivity index (χ1v) is 6.63. The van der Waals surface area contributed by atoms with Crippen LogP contribution in [-0.2, 0) is 0 Å². The average molecular weight is 202 g/mol. The molecule has 2 aliphatic carbocycles. The van der Waals surface area contributed by atoms with E-state index in [1.165, 1.54) is 38.5 Å². The fourth-order valence-corrected chi connectivity index (χ4v) is 4.53. The molecule has 0 aromatic rings. The van der Waals surface area contributed by atoms with Crippen LogP contribution in [-0.4, -0.2) is 11.3 Å². The van der Waals surface area contributed by atoms with Crippen LogP contribution in [0.3, 0.4) is 0 Å². The van der Waals surface area contributed by atoms with Crippen molar-refractivity contribution >= 4 is 18.5 Å². The number of rotatable bonds is 1. The lowest BCUT2D eigenvalue weighted by Crippen LogP contribution is -2.22. The third kappa shape index (κ3) is 1.71. The van der Waals surface area contributed by atoms with Gasteiger partial charge in [0.15, 0.2) is 0 Å². The lowest BCUT2D eigenvalue weighted by molar-refractivity contribution is 0.360. The summed E-state index contributed by atoms with van der Waals surface area (Å²) in [6.07, 6.45) is 8.89. The summed E-state index contributed by atoms with van der Waals surface area (Å²) in [6, 6.07) is 0. The zero-order valence-corrected chi connectivity index (χ0v) is 10.0. The van der Waals surface area contributed by atoms with E-state index in [0.29, 0.717) is 0 Å². The molecule has 0 heterocycles. The van der Waals surface area contributed by atoms with Crippen LogP contribution < -0.4 is 0 Å². The van der Waals surface area contributed by atoms with Crippen molar-refractivity contribution in [2.45, 2.75) is 49.8 Å². The largest absolute Gasteiger partial charge is 0.134 e. The van der Waals surface area contributed by atoms with E-state index in [1.807, 2.05) is 0 Å². The highest BCUT2D eigenvalue weighted by Crippen LogP contribution is 2.45. The summed E-state index contributed by atoms with van der Waals surface area (Å²) in [5, 5.41) is 0. The van der Waals surface area contributed by atoms with Crippen LogP contribution in [0.2, 0.25) is 0 Å². The summed E-state index contributed by atoms with van der Waals surface area (Å²) in [4.78, 5) is 0. The van der Waals surface area contributed by atoms with E-state index in [-0.39, 0.29) is 0 Å². The molecule has 6 atom stereocenters. The maximum absolute atomic E-state index is 3.07. The number of hydrogen-bond acceptors (Lipinski definition) is 0. The van der Waals surface area contributed by atoms with Gasteiger partial charge in [-0.15, -0.1) is 18.5 Å². The third-order valence-electron chi connectivity index (χ3n) is 3.80. The standard InChI is InChI=1S/C10H20P2/c11-9-5-1-3-7(9)8-4-2-6-10(8)12/h7-10H,1-6,11-12H2. The minimum absolute atomic E-state index is 0.941. The van der Waals surface area contributed by atoms with Gasteiger partial charge in [-0.05, 0) is 48.8 Å². The lowest BCUT2D eigenvalue weighted by Gasteiger charge is -2.26. The Hall–Kier alpha value is 0.860. The van der Waals surface area contributed by atoms with E-state index in [9.17, 15) is 0 Å². The van der Waals surface area contributed by atoms with Crippen molar-refractivity contribution in [1.82, 2.24) is 0 Å². The second kappa shape index (κ2) is 3.93. The van der Waals surface area contributed by atoms with Gasteiger partial charge in [0.05, 0.1) is 0 Å². The molecule has 0 N–H and O–H groups in total. The number of hydrogen-bond donors (Lipinski definition) is 0. The molecule has 2 rings (SSSR count). The Morgan fingerprint density at radius 3 is 1.33 bits per heavy atom. The smallest absolute Gasteiger partial charge is 0.0233 e. The molecule has 2 heteroatoms. The van der Waals surface area contributed by atoms with Crippen LogP contribution in [0.25, 0.3) is 0 Å². The van der Waals surface area contributed by atoms with Crippen molar-refractivity contribution in [3.05, 3.63) is 0 Å². The Morgan fingerprint density at radius 1 is 0.667 bits per heavy atom. The highest BCUT2D eigenvalue weighted by Gasteiger charge is 2.36. The molecule has 70 valence electrons. The normalized spacial score (nSPS) is 48.5. The van der Waals surface area contributed by atoms with Crippen molar-refractivity contribution in [2.75, 3.05) is 0 Å². The van der Waals surface area contributed by atoms with Crippen molar-refractivity contribution in [3.8, 4) is 0 Å². The molecule has 0 bridgehead atoms. The molecule has 12 heavy (non-hydrogen) atoms. The van der Waals surface area contributed by atoms with Gasteiger partial charge in [-0.2, -0.15) is 0 Å². The van der Waals surface area contributed by atoms with E-state index in [4.69, 9.17) is 0 Å². The van der Waals surface area contributed by atoms with Gasteiger partial charge < -0.3 is 0 Å². The minimum Gasteiger partial charge on any atom is -0.134 e. The lowest BCUT2D eigenvalue weighted by atomic mass is 9.89. The minimum atomic E-state index is 0.941. The van der Waals surface area contributed by atoms with Gasteiger partial charge >= 0.3 is 0 Å². The van der Waals surface area contributed by atoms with Gasteiger partial charge in [0.1, 0.15) is 0 Å². The van der Waals surface area contributed by atoms with Crippen LogP contribution in [0.5, 0.6) is 0 Å². The highest BCUT2D eigenvalue weighted by atomic mass is 31.0. The maximum atomic E-state index is 3.07. The molecule has 2 saturated carbocycles. The third-order valence-corrected chi connectivity index (χ3v) is 5.46. The summed E-state index contributed by atoms with van der Waals surface area (Å²) in [5.74, 6) is 2.08. The van der Waals surface area contributed by atoms with E-state index >= 15 is 0 Å². The zero-order chi connectivity index (χ0) is 8.55. The van der Waals surface area contributed by atoms with Gasteiger partial charge in [0.2, 0.25) is 0 Å². The van der Waals surface area contributed by atoms with E-state index < -0.39 is 0 Å². The van der Waals surface area contributed by atoms with Crippen molar-refractivity contribution in [3.63, 3.8) is 0 Å². The SMILES string of the molecule is PC1CCCC1C1CCCC1P. The Labute approximate surface area is 80.7 Å². The van der Waals surface area contributed by atoms with Crippen molar-refractivity contribution < 1.29 is 0 Å². The predicted octanol–water partition coefficient (Wildman–Crippen LogP) is 3.07. The highest BCUT2D eigenvalue weighted by molar-refractivity contribution is 7.18. The summed E-state index contributed by atoms with van der Waals surface area (Å²) in [7, 11) is 6.15. The van der Waals surface area contributed by atoms with Gasteiger partial charge in [0.25, 0.3) is 0 Å². The van der Waals surface area contributed by atoms with Gasteiger partial charge in [-0.25, -0.2) is 0 Å². The topological polar surface area (TPSA) is 0 Å². The molecule has 0 nitrogen and oxygen atoms in total. The molecular weight excluding hydrogens is 182 g/mol. The molecule has 0 aromatic carbocycles. The Balaban J connectivity index is 1.98. The summed E-state index contributed by atoms with van der Waals surface area (Å²) < 4.78 is 0. The van der Waals surface area contributed by atoms with Gasteiger partial charge in [-0.1, -0.05) is 12.8 Å². The Bertz CT molecular complexity index is 140. The molecule has 0 aliphatic heterocycles. The van der Waals surface area contributed by atoms with Crippen molar-refractivity contribution in [2.24, 2.45) is 11.8 Å². The maximum Gasteiger partial charge on any atom is -0.0233 e. The predicted molar refractivity (Wildman–Crippen MR) is 61.7 cm³/mol. The molecule has 2 aliphatic rings. The second-order valence-corrected chi connectivity index (χ2v) is 6.23. The van der Waals surface area contributed by atoms with E-state index in [1.54, 1.807) is 0 Å². The molecule has 0 saturated heterocycles. The molecule has 0 radical (unpaired) electrons. The van der Waals surface area contributed by atoms with E-state index in [2.05, 4.69) is 18.5 Å². The van der Waals surface area contributed by atoms with Crippen molar-refractivity contribution in [1.29, 1.82) is 0 Å². The zero-order valence-electron chi connectivity index (χ0n) is 7.71. The summed E-state index contributed by atoms with van der Waals surface area (Å²) >= 11 is 0. The fourth-order valence-electron chi connectivity index (χ4n) is 3.10. The molecule has 6 unspecified atom stereocenters. The molecular formula is C10H20P2. The Morgan fingerprint density at radius 2 is 1.08 bits per heavy atom. The molecule has 0 amide bonds. The van der Waals surface area contributed by atoms with Gasteiger partial charge in [0, 0.05) is 0 Å². The second-order valence-electron chi connectivity index (χ2n) is 4.52. The van der Waals surface area contributed by atoms with Gasteiger partial charge in [-0.3, -0.25) is 0 Å². The molecule has 0 spiro atoms. The first-order chi connectivity index (χ1) is 5.79. The van der Waals surface area contributed by atoms with Crippen LogP contribution in [0.1, 0.15) is 38.5 Å². The van der Waals surface area contributed by atoms with Crippen LogP contribution in [0, 0.1) is 11.8 Å². The average Bonchev–Trinajstić information content (AvgIpc) is 2.59.